The van der Waals surface area contributed by atoms with E-state index >= 15 is 0 Å². The number of nitrogens with one attached hydrogen (secondary N) is 1. The van der Waals surface area contributed by atoms with Gasteiger partial charge in [-0.05, 0) is 37.5 Å². The van der Waals surface area contributed by atoms with Crippen molar-refractivity contribution in [1.82, 2.24) is 0 Å². The summed E-state index contributed by atoms with van der Waals surface area (Å²) in [7, 11) is 0. The van der Waals surface area contributed by atoms with E-state index in [0.29, 0.717) is 24.1 Å². The van der Waals surface area contributed by atoms with E-state index in [9.17, 15) is 31.1 Å². The molecule has 1 atom stereocenters. The minimum atomic E-state index is -4.90. The highest BCUT2D eigenvalue weighted by Gasteiger charge is 2.37. The molecule has 2 nitrogen and oxygen atoms in total. The Morgan fingerprint density at radius 2 is 1.58 bits per heavy atom. The number of carbonyl (C=O) groups is 1. The fourth-order valence-electron chi connectivity index (χ4n) is 2.52. The maximum atomic E-state index is 12.8. The van der Waals surface area contributed by atoms with Crippen molar-refractivity contribution < 1.29 is 31.1 Å². The highest BCUT2D eigenvalue weighted by Crippen LogP contribution is 2.37. The number of halogens is 6. The van der Waals surface area contributed by atoms with Crippen molar-refractivity contribution in [2.75, 3.05) is 5.32 Å². The summed E-state index contributed by atoms with van der Waals surface area (Å²) in [5.41, 5.74) is -2.79. The molecule has 0 spiro atoms. The Bertz CT molecular complexity index is 627. The van der Waals surface area contributed by atoms with Crippen LogP contribution in [0.25, 0.3) is 0 Å². The van der Waals surface area contributed by atoms with E-state index < -0.39 is 23.5 Å². The van der Waals surface area contributed by atoms with Crippen LogP contribution in [-0.2, 0) is 17.1 Å². The number of hydrogen-bond acceptors (Lipinski definition) is 2. The average molecular weight is 351 g/mol. The Kier molecular flexibility index (Phi) is 4.96. The van der Waals surface area contributed by atoms with E-state index in [1.165, 1.54) is 6.20 Å². The summed E-state index contributed by atoms with van der Waals surface area (Å²) >= 11 is 0. The molecule has 0 amide bonds. The van der Waals surface area contributed by atoms with Crippen LogP contribution in [0.2, 0.25) is 0 Å². The second kappa shape index (κ2) is 6.49. The number of rotatable bonds is 2. The van der Waals surface area contributed by atoms with Gasteiger partial charge in [0.2, 0.25) is 0 Å². The van der Waals surface area contributed by atoms with Crippen LogP contribution in [0.5, 0.6) is 0 Å². The van der Waals surface area contributed by atoms with Gasteiger partial charge < -0.3 is 5.32 Å². The predicted molar refractivity (Wildman–Crippen MR) is 76.2 cm³/mol. The third-order valence-corrected chi connectivity index (χ3v) is 3.85. The molecule has 1 aliphatic carbocycles. The highest BCUT2D eigenvalue weighted by atomic mass is 19.4. The molecule has 1 fully saturated rings. The molecule has 24 heavy (non-hydrogen) atoms. The smallest absolute Gasteiger partial charge is 0.361 e. The lowest BCUT2D eigenvalue weighted by Crippen LogP contribution is -2.19. The van der Waals surface area contributed by atoms with Crippen molar-refractivity contribution in [2.45, 2.75) is 38.5 Å². The minimum Gasteiger partial charge on any atom is -0.361 e. The molecular weight excluding hydrogens is 336 g/mol. The first kappa shape index (κ1) is 18.4. The Labute approximate surface area is 134 Å². The normalized spacial score (nSPS) is 21.2. The van der Waals surface area contributed by atoms with Crippen molar-refractivity contribution in [3.63, 3.8) is 0 Å². The van der Waals surface area contributed by atoms with Gasteiger partial charge in [0.15, 0.2) is 5.78 Å². The highest BCUT2D eigenvalue weighted by molar-refractivity contribution is 5.97. The lowest BCUT2D eigenvalue weighted by Gasteiger charge is -2.19. The van der Waals surface area contributed by atoms with Crippen LogP contribution < -0.4 is 5.32 Å². The van der Waals surface area contributed by atoms with Crippen LogP contribution in [0.4, 0.5) is 32.0 Å². The summed E-state index contributed by atoms with van der Waals surface area (Å²) in [6.07, 6.45) is -6.69. The summed E-state index contributed by atoms with van der Waals surface area (Å²) in [5, 5.41) is 2.41. The summed E-state index contributed by atoms with van der Waals surface area (Å²) in [5.74, 6) is -0.337. The lowest BCUT2D eigenvalue weighted by atomic mass is 9.86. The Morgan fingerprint density at radius 1 is 1.04 bits per heavy atom. The Balaban J connectivity index is 2.34. The molecule has 1 N–H and O–H groups in total. The van der Waals surface area contributed by atoms with Crippen molar-refractivity contribution in [2.24, 2.45) is 5.92 Å². The first-order valence-corrected chi connectivity index (χ1v) is 7.28. The van der Waals surface area contributed by atoms with Gasteiger partial charge in [-0.15, -0.1) is 0 Å². The van der Waals surface area contributed by atoms with E-state index in [0.717, 1.165) is 12.8 Å². The van der Waals surface area contributed by atoms with Gasteiger partial charge in [-0.1, -0.05) is 6.92 Å². The van der Waals surface area contributed by atoms with E-state index in [-0.39, 0.29) is 23.5 Å². The van der Waals surface area contributed by atoms with Crippen LogP contribution in [0.15, 0.2) is 30.0 Å². The van der Waals surface area contributed by atoms with Crippen LogP contribution in [0.1, 0.15) is 37.3 Å². The zero-order chi connectivity index (χ0) is 18.1. The summed E-state index contributed by atoms with van der Waals surface area (Å²) in [6, 6.07) is 1.23. The average Bonchev–Trinajstić information content (AvgIpc) is 2.47. The van der Waals surface area contributed by atoms with Crippen LogP contribution >= 0.6 is 0 Å². The van der Waals surface area contributed by atoms with Crippen LogP contribution in [0, 0.1) is 5.92 Å². The van der Waals surface area contributed by atoms with E-state index in [2.05, 4.69) is 5.32 Å². The fourth-order valence-corrected chi connectivity index (χ4v) is 2.52. The van der Waals surface area contributed by atoms with Crippen molar-refractivity contribution in [3.05, 3.63) is 41.1 Å². The van der Waals surface area contributed by atoms with E-state index in [1.54, 1.807) is 6.92 Å². The van der Waals surface area contributed by atoms with Crippen molar-refractivity contribution >= 4 is 11.5 Å². The zero-order valence-corrected chi connectivity index (χ0v) is 12.7. The molecular formula is C16H15F6NO. The zero-order valence-electron chi connectivity index (χ0n) is 12.7. The molecule has 0 aromatic heterocycles. The first-order valence-electron chi connectivity index (χ1n) is 7.28. The molecule has 0 saturated heterocycles. The monoisotopic (exact) mass is 351 g/mol. The molecule has 8 heteroatoms. The largest absolute Gasteiger partial charge is 0.416 e. The predicted octanol–water partition coefficient (Wildman–Crippen LogP) is 5.41. The maximum Gasteiger partial charge on any atom is 0.416 e. The van der Waals surface area contributed by atoms with Gasteiger partial charge in [-0.2, -0.15) is 26.3 Å². The van der Waals surface area contributed by atoms with E-state index in [1.807, 2.05) is 0 Å². The molecule has 1 aliphatic rings. The molecule has 0 bridgehead atoms. The fraction of sp³-hybridized carbons (Fsp3) is 0.438. The summed E-state index contributed by atoms with van der Waals surface area (Å²) in [4.78, 5) is 11.9. The van der Waals surface area contributed by atoms with Gasteiger partial charge in [0.1, 0.15) is 0 Å². The standard InChI is InChI=1S/C16H15F6NO/c1-9-3-2-4-10(14(9)24)8-23-13-6-11(15(17,18)19)5-12(7-13)16(20,21)22/h5-9,23H,2-4H2,1H3/b10-8-/t9-/m1/s1. The minimum absolute atomic E-state index is 0.0617. The number of alkyl halides is 6. The molecule has 0 heterocycles. The SMILES string of the molecule is C[C@@H]1CCC/C(=C/Nc2cc(C(F)(F)F)cc(C(F)(F)F)c2)C1=O. The molecule has 1 aromatic carbocycles. The number of benzene rings is 1. The van der Waals surface area contributed by atoms with Gasteiger partial charge in [-0.3, -0.25) is 4.79 Å². The third-order valence-electron chi connectivity index (χ3n) is 3.85. The number of allylic oxidation sites excluding steroid dienone is 1. The number of anilines is 1. The van der Waals surface area contributed by atoms with Crippen LogP contribution in [-0.4, -0.2) is 5.78 Å². The molecule has 132 valence electrons. The topological polar surface area (TPSA) is 29.1 Å². The number of Topliss-reactive ketones (excluding diaryl/α,β-unsaturated/α-hetero) is 1. The molecule has 0 aliphatic heterocycles. The number of ketones is 1. The molecule has 2 rings (SSSR count). The number of carbonyl (C=O) groups excluding carboxylic acids is 1. The van der Waals surface area contributed by atoms with Crippen molar-refractivity contribution in [1.29, 1.82) is 0 Å². The van der Waals surface area contributed by atoms with E-state index in [4.69, 9.17) is 0 Å². The molecule has 0 unspecified atom stereocenters. The van der Waals surface area contributed by atoms with Gasteiger partial charge in [0.05, 0.1) is 11.1 Å². The molecule has 1 saturated carbocycles. The van der Waals surface area contributed by atoms with Gasteiger partial charge in [-0.25, -0.2) is 0 Å². The first-order chi connectivity index (χ1) is 11.0. The maximum absolute atomic E-state index is 12.8. The third kappa shape index (κ3) is 4.30. The second-order valence-corrected chi connectivity index (χ2v) is 5.77. The van der Waals surface area contributed by atoms with Crippen LogP contribution in [0.3, 0.4) is 0 Å². The van der Waals surface area contributed by atoms with Gasteiger partial charge >= 0.3 is 12.4 Å². The quantitative estimate of drug-likeness (QED) is 0.570. The number of hydrogen-bond donors (Lipinski definition) is 1. The summed E-state index contributed by atoms with van der Waals surface area (Å²) in [6.45, 7) is 1.74. The molecule has 1 aromatic rings. The van der Waals surface area contributed by atoms with Gasteiger partial charge in [0, 0.05) is 23.4 Å². The summed E-state index contributed by atoms with van der Waals surface area (Å²) < 4.78 is 76.7. The Hall–Kier alpha value is -1.99. The lowest BCUT2D eigenvalue weighted by molar-refractivity contribution is -0.143. The Morgan fingerprint density at radius 3 is 2.08 bits per heavy atom. The molecule has 0 radical (unpaired) electrons. The second-order valence-electron chi connectivity index (χ2n) is 5.77. The van der Waals surface area contributed by atoms with Crippen molar-refractivity contribution in [3.8, 4) is 0 Å². The van der Waals surface area contributed by atoms with Gasteiger partial charge in [0.25, 0.3) is 0 Å².